The lowest BCUT2D eigenvalue weighted by atomic mass is 10.0. The largest absolute Gasteiger partial charge is 0.372 e. The Hall–Kier alpha value is -2.96. The van der Waals surface area contributed by atoms with Gasteiger partial charge in [-0.2, -0.15) is 10.1 Å². The predicted octanol–water partition coefficient (Wildman–Crippen LogP) is 1.91. The highest BCUT2D eigenvalue weighted by atomic mass is 15.2. The van der Waals surface area contributed by atoms with Crippen LogP contribution in [0, 0.1) is 0 Å². The molecule has 3 N–H and O–H groups in total. The zero-order valence-corrected chi connectivity index (χ0v) is 12.8. The number of nitrogens with one attached hydrogen (secondary N) is 1. The molecule has 0 spiro atoms. The van der Waals surface area contributed by atoms with E-state index in [2.05, 4.69) is 26.5 Å². The first kappa shape index (κ1) is 13.7. The molecule has 4 rings (SSSR count). The molecule has 1 aliphatic rings. The molecule has 7 nitrogen and oxygen atoms in total. The Balaban J connectivity index is 1.94. The van der Waals surface area contributed by atoms with E-state index in [1.165, 1.54) is 0 Å². The van der Waals surface area contributed by atoms with E-state index in [1.54, 1.807) is 10.7 Å². The summed E-state index contributed by atoms with van der Waals surface area (Å²) in [6, 6.07) is 3.86. The Morgan fingerprint density at radius 1 is 1.22 bits per heavy atom. The number of anilines is 2. The second-order valence-corrected chi connectivity index (χ2v) is 5.46. The molecule has 0 aromatic carbocycles. The van der Waals surface area contributed by atoms with Gasteiger partial charge < -0.3 is 11.1 Å². The Bertz CT molecular complexity index is 910. The summed E-state index contributed by atoms with van der Waals surface area (Å²) in [5.74, 6) is 1.05. The molecule has 0 amide bonds. The van der Waals surface area contributed by atoms with Crippen LogP contribution in [0.25, 0.3) is 11.2 Å². The number of nitrogens with two attached hydrogens (primary N) is 1. The van der Waals surface area contributed by atoms with E-state index in [0.29, 0.717) is 5.95 Å². The van der Waals surface area contributed by atoms with Crippen molar-refractivity contribution < 1.29 is 0 Å². The first-order valence-electron chi connectivity index (χ1n) is 7.61. The van der Waals surface area contributed by atoms with Crippen molar-refractivity contribution in [2.24, 2.45) is 0 Å². The van der Waals surface area contributed by atoms with Gasteiger partial charge >= 0.3 is 0 Å². The highest BCUT2D eigenvalue weighted by Gasteiger charge is 2.21. The summed E-state index contributed by atoms with van der Waals surface area (Å²) in [6.45, 7) is 0. The van der Waals surface area contributed by atoms with Crippen LogP contribution in [0.15, 0.2) is 30.6 Å². The zero-order chi connectivity index (χ0) is 15.8. The SMILES string of the molecule is CNc1nc(N)nc2c1C(c1ccn3nccc3n1)=CCCC2. The van der Waals surface area contributed by atoms with E-state index in [-0.39, 0.29) is 0 Å². The van der Waals surface area contributed by atoms with Crippen molar-refractivity contribution in [2.75, 3.05) is 18.1 Å². The third-order valence-electron chi connectivity index (χ3n) is 4.01. The maximum Gasteiger partial charge on any atom is 0.222 e. The molecule has 0 radical (unpaired) electrons. The number of nitrogens with zero attached hydrogens (tertiary/aromatic N) is 5. The number of aryl methyl sites for hydroxylation is 1. The lowest BCUT2D eigenvalue weighted by molar-refractivity contribution is 0.824. The fourth-order valence-electron chi connectivity index (χ4n) is 2.98. The third kappa shape index (κ3) is 2.30. The minimum atomic E-state index is 0.300. The highest BCUT2D eigenvalue weighted by Crippen LogP contribution is 2.34. The maximum atomic E-state index is 5.84. The molecule has 0 unspecified atom stereocenters. The van der Waals surface area contributed by atoms with Crippen molar-refractivity contribution in [3.8, 4) is 0 Å². The average molecular weight is 307 g/mol. The molecule has 23 heavy (non-hydrogen) atoms. The summed E-state index contributed by atoms with van der Waals surface area (Å²) in [5, 5.41) is 7.33. The van der Waals surface area contributed by atoms with Crippen LogP contribution in [0.3, 0.4) is 0 Å². The summed E-state index contributed by atoms with van der Waals surface area (Å²) >= 11 is 0. The maximum absolute atomic E-state index is 5.84. The quantitative estimate of drug-likeness (QED) is 0.751. The van der Waals surface area contributed by atoms with E-state index in [4.69, 9.17) is 10.7 Å². The minimum Gasteiger partial charge on any atom is -0.372 e. The Labute approximate surface area is 133 Å². The van der Waals surface area contributed by atoms with Gasteiger partial charge in [0.15, 0.2) is 5.65 Å². The van der Waals surface area contributed by atoms with Crippen LogP contribution in [-0.4, -0.2) is 31.6 Å². The van der Waals surface area contributed by atoms with Crippen LogP contribution in [0.5, 0.6) is 0 Å². The summed E-state index contributed by atoms with van der Waals surface area (Å²) in [5.41, 5.74) is 10.6. The molecule has 3 aromatic heterocycles. The molecule has 0 saturated heterocycles. The molecule has 3 heterocycles. The molecule has 3 aromatic rings. The van der Waals surface area contributed by atoms with E-state index in [1.807, 2.05) is 25.4 Å². The van der Waals surface area contributed by atoms with Crippen LogP contribution < -0.4 is 11.1 Å². The number of fused-ring (bicyclic) bond motifs is 2. The van der Waals surface area contributed by atoms with Crippen molar-refractivity contribution in [2.45, 2.75) is 19.3 Å². The Morgan fingerprint density at radius 3 is 3.00 bits per heavy atom. The summed E-state index contributed by atoms with van der Waals surface area (Å²) in [7, 11) is 1.85. The predicted molar refractivity (Wildman–Crippen MR) is 89.0 cm³/mol. The van der Waals surface area contributed by atoms with Crippen LogP contribution >= 0.6 is 0 Å². The van der Waals surface area contributed by atoms with Gasteiger partial charge in [-0.25, -0.2) is 14.5 Å². The Kier molecular flexibility index (Phi) is 3.18. The van der Waals surface area contributed by atoms with E-state index in [9.17, 15) is 0 Å². The molecule has 116 valence electrons. The van der Waals surface area contributed by atoms with Gasteiger partial charge in [-0.05, 0) is 25.3 Å². The van der Waals surface area contributed by atoms with Gasteiger partial charge in [0, 0.05) is 30.4 Å². The second-order valence-electron chi connectivity index (χ2n) is 5.46. The van der Waals surface area contributed by atoms with Crippen LogP contribution in [0.1, 0.15) is 29.8 Å². The second kappa shape index (κ2) is 5.35. The fraction of sp³-hybridized carbons (Fsp3) is 0.250. The third-order valence-corrected chi connectivity index (χ3v) is 4.01. The zero-order valence-electron chi connectivity index (χ0n) is 12.8. The molecule has 7 heteroatoms. The number of aromatic nitrogens is 5. The van der Waals surface area contributed by atoms with Crippen LogP contribution in [0.2, 0.25) is 0 Å². The highest BCUT2D eigenvalue weighted by molar-refractivity contribution is 5.85. The number of rotatable bonds is 2. The van der Waals surface area contributed by atoms with Crippen molar-refractivity contribution >= 4 is 23.0 Å². The van der Waals surface area contributed by atoms with Gasteiger partial charge in [-0.15, -0.1) is 0 Å². The van der Waals surface area contributed by atoms with Gasteiger partial charge in [0.2, 0.25) is 5.95 Å². The van der Waals surface area contributed by atoms with Crippen LogP contribution in [0.4, 0.5) is 11.8 Å². The summed E-state index contributed by atoms with van der Waals surface area (Å²) in [6.07, 6.45) is 8.75. The lowest BCUT2D eigenvalue weighted by Gasteiger charge is -2.15. The summed E-state index contributed by atoms with van der Waals surface area (Å²) in [4.78, 5) is 13.5. The van der Waals surface area contributed by atoms with Crippen molar-refractivity contribution in [1.82, 2.24) is 24.6 Å². The molecule has 0 saturated carbocycles. The monoisotopic (exact) mass is 307 g/mol. The lowest BCUT2D eigenvalue weighted by Crippen LogP contribution is -2.09. The summed E-state index contributed by atoms with van der Waals surface area (Å²) < 4.78 is 1.75. The molecule has 0 fully saturated rings. The molecule has 0 atom stereocenters. The van der Waals surface area contributed by atoms with Gasteiger partial charge in [-0.1, -0.05) is 6.08 Å². The first-order chi connectivity index (χ1) is 11.3. The molecular weight excluding hydrogens is 290 g/mol. The normalized spacial score (nSPS) is 14.2. The van der Waals surface area contributed by atoms with Crippen molar-refractivity contribution in [3.05, 3.63) is 47.6 Å². The van der Waals surface area contributed by atoms with E-state index >= 15 is 0 Å². The van der Waals surface area contributed by atoms with E-state index < -0.39 is 0 Å². The van der Waals surface area contributed by atoms with Gasteiger partial charge in [-0.3, -0.25) is 0 Å². The smallest absolute Gasteiger partial charge is 0.222 e. The fourth-order valence-corrected chi connectivity index (χ4v) is 2.98. The molecule has 1 aliphatic carbocycles. The molecular formula is C16H17N7. The minimum absolute atomic E-state index is 0.300. The van der Waals surface area contributed by atoms with Crippen molar-refractivity contribution in [1.29, 1.82) is 0 Å². The van der Waals surface area contributed by atoms with Gasteiger partial charge in [0.25, 0.3) is 0 Å². The topological polar surface area (TPSA) is 94.0 Å². The molecule has 0 aliphatic heterocycles. The molecule has 0 bridgehead atoms. The Morgan fingerprint density at radius 2 is 2.13 bits per heavy atom. The van der Waals surface area contributed by atoms with Gasteiger partial charge in [0.1, 0.15) is 5.82 Å². The van der Waals surface area contributed by atoms with Gasteiger partial charge in [0.05, 0.1) is 17.6 Å². The number of hydrogen-bond acceptors (Lipinski definition) is 6. The van der Waals surface area contributed by atoms with E-state index in [0.717, 1.165) is 53.3 Å². The van der Waals surface area contributed by atoms with Crippen molar-refractivity contribution in [3.63, 3.8) is 0 Å². The average Bonchev–Trinajstić information content (AvgIpc) is 2.92. The van der Waals surface area contributed by atoms with Crippen LogP contribution in [-0.2, 0) is 6.42 Å². The first-order valence-corrected chi connectivity index (χ1v) is 7.61. The number of hydrogen-bond donors (Lipinski definition) is 2. The number of allylic oxidation sites excluding steroid dienone is 1. The standard InChI is InChI=1S/C16H17N7/c1-18-15-14-10(4-2-3-5-12(14)21-16(17)22-15)11-7-9-23-13(20-11)6-8-19-23/h4,6-9H,2-3,5H2,1H3,(H3,17,18,21,22). The number of nitrogen functional groups attached to an aromatic ring is 1.